The van der Waals surface area contributed by atoms with Gasteiger partial charge in [0.25, 0.3) is 0 Å². The fourth-order valence-corrected chi connectivity index (χ4v) is 2.51. The van der Waals surface area contributed by atoms with Crippen molar-refractivity contribution < 1.29 is 9.59 Å². The monoisotopic (exact) mass is 312 g/mol. The van der Waals surface area contributed by atoms with Crippen LogP contribution in [0.3, 0.4) is 0 Å². The molecule has 20 heavy (non-hydrogen) atoms. The van der Waals surface area contributed by atoms with Gasteiger partial charge >= 0.3 is 0 Å². The van der Waals surface area contributed by atoms with Gasteiger partial charge in [0.1, 0.15) is 0 Å². The number of nitrogens with one attached hydrogen (secondary N) is 1. The highest BCUT2D eigenvalue weighted by Gasteiger charge is 2.35. The highest BCUT2D eigenvalue weighted by Crippen LogP contribution is 2.33. The topological polar surface area (TPSA) is 49.4 Å². The molecular weight excluding hydrogens is 299 g/mol. The van der Waals surface area contributed by atoms with Crippen LogP contribution in [0.25, 0.3) is 0 Å². The molecule has 2 amide bonds. The third-order valence-electron chi connectivity index (χ3n) is 3.12. The molecule has 0 aromatic heterocycles. The summed E-state index contributed by atoms with van der Waals surface area (Å²) in [7, 11) is 0. The van der Waals surface area contributed by atoms with Crippen LogP contribution in [0.2, 0.25) is 10.0 Å². The summed E-state index contributed by atoms with van der Waals surface area (Å²) in [4.78, 5) is 25.4. The fourth-order valence-electron chi connectivity index (χ4n) is 2.13. The third kappa shape index (κ3) is 3.14. The minimum atomic E-state index is -0.377. The number of hydrogen-bond donors (Lipinski definition) is 1. The molecule has 1 heterocycles. The van der Waals surface area contributed by atoms with Crippen LogP contribution in [0, 0.1) is 5.92 Å². The lowest BCUT2D eigenvalue weighted by Crippen LogP contribution is -2.33. The number of nitrogens with zero attached hydrogens (tertiary/aromatic N) is 1. The van der Waals surface area contributed by atoms with E-state index in [4.69, 9.17) is 23.2 Å². The highest BCUT2D eigenvalue weighted by atomic mass is 35.5. The highest BCUT2D eigenvalue weighted by molar-refractivity contribution is 6.35. The number of carbonyl (C=O) groups is 2. The number of hydrogen-bond acceptors (Lipinski definition) is 2. The summed E-state index contributed by atoms with van der Waals surface area (Å²) in [6.45, 7) is 4.23. The molecule has 1 aliphatic heterocycles. The van der Waals surface area contributed by atoms with Crippen molar-refractivity contribution in [3.8, 4) is 0 Å². The Kier molecular flexibility index (Phi) is 4.68. The van der Waals surface area contributed by atoms with Crippen molar-refractivity contribution in [1.29, 1.82) is 0 Å². The summed E-state index contributed by atoms with van der Waals surface area (Å²) in [5.74, 6) is -0.663. The van der Waals surface area contributed by atoms with Gasteiger partial charge in [-0.1, -0.05) is 29.3 Å². The van der Waals surface area contributed by atoms with Gasteiger partial charge in [0.15, 0.2) is 0 Å². The van der Waals surface area contributed by atoms with Crippen LogP contribution in [0.4, 0.5) is 5.69 Å². The predicted octanol–water partition coefficient (Wildman–Crippen LogP) is 2.65. The van der Waals surface area contributed by atoms with Gasteiger partial charge in [-0.15, -0.1) is 6.58 Å². The first kappa shape index (κ1) is 14.9. The molecule has 6 heteroatoms. The lowest BCUT2D eigenvalue weighted by Gasteiger charge is -2.18. The Bertz CT molecular complexity index is 560. The minimum absolute atomic E-state index is 0.132. The minimum Gasteiger partial charge on any atom is -0.352 e. The fraction of sp³-hybridized carbons (Fsp3) is 0.286. The van der Waals surface area contributed by atoms with E-state index in [2.05, 4.69) is 11.9 Å². The number of anilines is 1. The van der Waals surface area contributed by atoms with Gasteiger partial charge in [0.05, 0.1) is 16.6 Å². The van der Waals surface area contributed by atoms with Crippen molar-refractivity contribution in [1.82, 2.24) is 5.32 Å². The van der Waals surface area contributed by atoms with Crippen molar-refractivity contribution in [3.63, 3.8) is 0 Å². The van der Waals surface area contributed by atoms with E-state index in [0.29, 0.717) is 28.8 Å². The molecule has 0 spiro atoms. The van der Waals surface area contributed by atoms with Crippen LogP contribution in [-0.2, 0) is 9.59 Å². The Balaban J connectivity index is 2.15. The molecule has 1 atom stereocenters. The Morgan fingerprint density at radius 3 is 2.95 bits per heavy atom. The maximum atomic E-state index is 12.1. The van der Waals surface area contributed by atoms with Crippen LogP contribution < -0.4 is 10.2 Å². The lowest BCUT2D eigenvalue weighted by molar-refractivity contribution is -0.126. The van der Waals surface area contributed by atoms with Gasteiger partial charge in [-0.2, -0.15) is 0 Å². The molecule has 1 saturated heterocycles. The van der Waals surface area contributed by atoms with Crippen LogP contribution >= 0.6 is 23.2 Å². The van der Waals surface area contributed by atoms with Gasteiger partial charge < -0.3 is 10.2 Å². The van der Waals surface area contributed by atoms with Crippen molar-refractivity contribution in [2.45, 2.75) is 6.42 Å². The van der Waals surface area contributed by atoms with Crippen LogP contribution in [-0.4, -0.2) is 24.9 Å². The van der Waals surface area contributed by atoms with E-state index in [0.717, 1.165) is 0 Å². The SMILES string of the molecule is C=CCNC(=O)C1CC(=O)N(c2cc(Cl)ccc2Cl)C1. The summed E-state index contributed by atoms with van der Waals surface area (Å²) < 4.78 is 0. The number of amides is 2. The van der Waals surface area contributed by atoms with Crippen molar-refractivity contribution in [3.05, 3.63) is 40.9 Å². The van der Waals surface area contributed by atoms with Crippen LogP contribution in [0.5, 0.6) is 0 Å². The second-order valence-electron chi connectivity index (χ2n) is 4.53. The van der Waals surface area contributed by atoms with E-state index in [1.54, 1.807) is 24.3 Å². The van der Waals surface area contributed by atoms with Crippen LogP contribution in [0.15, 0.2) is 30.9 Å². The summed E-state index contributed by atoms with van der Waals surface area (Å²) in [5, 5.41) is 3.63. The smallest absolute Gasteiger partial charge is 0.227 e. The Morgan fingerprint density at radius 1 is 1.50 bits per heavy atom. The number of benzene rings is 1. The predicted molar refractivity (Wildman–Crippen MR) is 80.1 cm³/mol. The molecule has 1 unspecified atom stereocenters. The third-order valence-corrected chi connectivity index (χ3v) is 3.67. The van der Waals surface area contributed by atoms with Gasteiger partial charge in [-0.25, -0.2) is 0 Å². The average molecular weight is 313 g/mol. The van der Waals surface area contributed by atoms with Crippen molar-refractivity contribution >= 4 is 40.7 Å². The number of rotatable bonds is 4. The molecule has 106 valence electrons. The molecule has 1 N–H and O–H groups in total. The van der Waals surface area contributed by atoms with Gasteiger partial charge in [0, 0.05) is 24.5 Å². The van der Waals surface area contributed by atoms with Gasteiger partial charge in [-0.3, -0.25) is 9.59 Å². The summed E-state index contributed by atoms with van der Waals surface area (Å²) in [5.41, 5.74) is 0.545. The molecule has 0 saturated carbocycles. The molecule has 4 nitrogen and oxygen atoms in total. The number of carbonyl (C=O) groups excluding carboxylic acids is 2. The zero-order chi connectivity index (χ0) is 14.7. The maximum absolute atomic E-state index is 12.1. The first-order valence-electron chi connectivity index (χ1n) is 6.17. The Labute approximate surface area is 127 Å². The number of halogens is 2. The van der Waals surface area contributed by atoms with Gasteiger partial charge in [0.2, 0.25) is 11.8 Å². The van der Waals surface area contributed by atoms with Crippen molar-refractivity contribution in [2.24, 2.45) is 5.92 Å². The zero-order valence-electron chi connectivity index (χ0n) is 10.7. The molecule has 0 bridgehead atoms. The summed E-state index contributed by atoms with van der Waals surface area (Å²) >= 11 is 12.0. The van der Waals surface area contributed by atoms with E-state index in [9.17, 15) is 9.59 Å². The lowest BCUT2D eigenvalue weighted by atomic mass is 10.1. The van der Waals surface area contributed by atoms with Crippen LogP contribution in [0.1, 0.15) is 6.42 Å². The normalized spacial score (nSPS) is 18.2. The van der Waals surface area contributed by atoms with E-state index in [-0.39, 0.29) is 24.2 Å². The molecule has 2 rings (SSSR count). The van der Waals surface area contributed by atoms with E-state index in [1.165, 1.54) is 4.90 Å². The molecular formula is C14H14Cl2N2O2. The molecule has 1 aromatic rings. The molecule has 1 fully saturated rings. The second kappa shape index (κ2) is 6.29. The maximum Gasteiger partial charge on any atom is 0.227 e. The second-order valence-corrected chi connectivity index (χ2v) is 5.38. The van der Waals surface area contributed by atoms with E-state index in [1.807, 2.05) is 0 Å². The first-order chi connectivity index (χ1) is 9.52. The first-order valence-corrected chi connectivity index (χ1v) is 6.92. The standard InChI is InChI=1S/C14H14Cl2N2O2/c1-2-5-17-14(20)9-6-13(19)18(8-9)12-7-10(15)3-4-11(12)16/h2-4,7,9H,1,5-6,8H2,(H,17,20). The largest absolute Gasteiger partial charge is 0.352 e. The van der Waals surface area contributed by atoms with Crippen molar-refractivity contribution in [2.75, 3.05) is 18.0 Å². The molecule has 1 aromatic carbocycles. The average Bonchev–Trinajstić information content (AvgIpc) is 2.81. The quantitative estimate of drug-likeness (QED) is 0.869. The molecule has 1 aliphatic rings. The van der Waals surface area contributed by atoms with E-state index < -0.39 is 0 Å². The summed E-state index contributed by atoms with van der Waals surface area (Å²) in [6, 6.07) is 4.92. The summed E-state index contributed by atoms with van der Waals surface area (Å²) in [6.07, 6.45) is 1.77. The molecule has 0 radical (unpaired) electrons. The zero-order valence-corrected chi connectivity index (χ0v) is 12.2. The Hall–Kier alpha value is -1.52. The molecule has 0 aliphatic carbocycles. The Morgan fingerprint density at radius 2 is 2.25 bits per heavy atom. The van der Waals surface area contributed by atoms with E-state index >= 15 is 0 Å². The van der Waals surface area contributed by atoms with Gasteiger partial charge in [-0.05, 0) is 18.2 Å².